The van der Waals surface area contributed by atoms with Gasteiger partial charge in [0.25, 0.3) is 0 Å². The molecule has 0 saturated carbocycles. The first-order valence-electron chi connectivity index (χ1n) is 5.38. The highest BCUT2D eigenvalue weighted by Crippen LogP contribution is 2.22. The zero-order valence-corrected chi connectivity index (χ0v) is 9.39. The van der Waals surface area contributed by atoms with E-state index in [1.807, 2.05) is 17.9 Å². The molecule has 0 radical (unpaired) electrons. The molecular formula is C11H16N4O. The lowest BCUT2D eigenvalue weighted by Crippen LogP contribution is -2.27. The zero-order chi connectivity index (χ0) is 11.5. The Kier molecular flexibility index (Phi) is 2.94. The van der Waals surface area contributed by atoms with Gasteiger partial charge in [-0.2, -0.15) is 5.10 Å². The lowest BCUT2D eigenvalue weighted by Gasteiger charge is -2.14. The van der Waals surface area contributed by atoms with Crippen molar-refractivity contribution in [2.24, 2.45) is 0 Å². The summed E-state index contributed by atoms with van der Waals surface area (Å²) in [7, 11) is 1.86. The number of hydrogen-bond acceptors (Lipinski definition) is 3. The van der Waals surface area contributed by atoms with Crippen LogP contribution in [0, 0.1) is 0 Å². The summed E-state index contributed by atoms with van der Waals surface area (Å²) >= 11 is 0. The zero-order valence-electron chi connectivity index (χ0n) is 9.39. The minimum Gasteiger partial charge on any atom is -0.386 e. The standard InChI is InChI=1S/C11H16N4O/c1-3-11(16)14-5-4-10(8-14)15-7-9(12-2)6-13-15/h3,6-7,10,12H,1,4-5,8H2,2H3. The van der Waals surface area contributed by atoms with Gasteiger partial charge in [0.15, 0.2) is 0 Å². The number of hydrogen-bond donors (Lipinski definition) is 1. The van der Waals surface area contributed by atoms with Gasteiger partial charge in [-0.05, 0) is 12.5 Å². The monoisotopic (exact) mass is 220 g/mol. The molecule has 2 heterocycles. The first kappa shape index (κ1) is 10.7. The van der Waals surface area contributed by atoms with Gasteiger partial charge in [-0.25, -0.2) is 0 Å². The average Bonchev–Trinajstić information content (AvgIpc) is 2.95. The summed E-state index contributed by atoms with van der Waals surface area (Å²) in [6.45, 7) is 5.00. The van der Waals surface area contributed by atoms with E-state index in [0.717, 1.165) is 25.2 Å². The second-order valence-electron chi connectivity index (χ2n) is 3.89. The van der Waals surface area contributed by atoms with Gasteiger partial charge in [-0.3, -0.25) is 9.48 Å². The number of nitrogens with zero attached hydrogens (tertiary/aromatic N) is 3. The van der Waals surface area contributed by atoms with Crippen molar-refractivity contribution in [1.29, 1.82) is 0 Å². The number of anilines is 1. The predicted molar refractivity (Wildman–Crippen MR) is 62.2 cm³/mol. The van der Waals surface area contributed by atoms with Crippen molar-refractivity contribution in [3.63, 3.8) is 0 Å². The molecule has 0 spiro atoms. The van der Waals surface area contributed by atoms with E-state index in [-0.39, 0.29) is 11.9 Å². The molecule has 0 aromatic carbocycles. The molecule has 1 saturated heterocycles. The van der Waals surface area contributed by atoms with Crippen LogP contribution in [-0.2, 0) is 4.79 Å². The van der Waals surface area contributed by atoms with Crippen molar-refractivity contribution in [2.45, 2.75) is 12.5 Å². The number of likely N-dealkylation sites (tertiary alicyclic amines) is 1. The average molecular weight is 220 g/mol. The number of amides is 1. The number of aromatic nitrogens is 2. The molecule has 1 unspecified atom stereocenters. The minimum absolute atomic E-state index is 0.00324. The number of carbonyl (C=O) groups excluding carboxylic acids is 1. The van der Waals surface area contributed by atoms with E-state index >= 15 is 0 Å². The van der Waals surface area contributed by atoms with E-state index in [1.165, 1.54) is 6.08 Å². The molecule has 0 bridgehead atoms. The fraction of sp³-hybridized carbons (Fsp3) is 0.455. The van der Waals surface area contributed by atoms with E-state index in [1.54, 1.807) is 11.1 Å². The van der Waals surface area contributed by atoms with Crippen LogP contribution in [0.4, 0.5) is 5.69 Å². The van der Waals surface area contributed by atoms with Crippen LogP contribution in [0.2, 0.25) is 0 Å². The minimum atomic E-state index is 0.00324. The molecule has 16 heavy (non-hydrogen) atoms. The van der Waals surface area contributed by atoms with Gasteiger partial charge in [-0.1, -0.05) is 6.58 Å². The molecule has 2 rings (SSSR count). The van der Waals surface area contributed by atoms with Crippen molar-refractivity contribution >= 4 is 11.6 Å². The van der Waals surface area contributed by atoms with Gasteiger partial charge in [0.1, 0.15) is 0 Å². The largest absolute Gasteiger partial charge is 0.386 e. The van der Waals surface area contributed by atoms with Crippen molar-refractivity contribution < 1.29 is 4.79 Å². The van der Waals surface area contributed by atoms with Crippen LogP contribution in [0.25, 0.3) is 0 Å². The molecule has 1 aliphatic rings. The Balaban J connectivity index is 2.03. The second-order valence-corrected chi connectivity index (χ2v) is 3.89. The molecule has 1 atom stereocenters. The molecule has 1 aliphatic heterocycles. The third-order valence-electron chi connectivity index (χ3n) is 2.91. The summed E-state index contributed by atoms with van der Waals surface area (Å²) in [6, 6.07) is 0.283. The lowest BCUT2D eigenvalue weighted by atomic mass is 10.3. The summed E-state index contributed by atoms with van der Waals surface area (Å²) < 4.78 is 1.92. The summed E-state index contributed by atoms with van der Waals surface area (Å²) in [5, 5.41) is 7.31. The normalized spacial score (nSPS) is 19.8. The molecule has 1 fully saturated rings. The fourth-order valence-corrected chi connectivity index (χ4v) is 1.95. The van der Waals surface area contributed by atoms with Gasteiger partial charge in [0.05, 0.1) is 17.9 Å². The quantitative estimate of drug-likeness (QED) is 0.769. The van der Waals surface area contributed by atoms with Crippen LogP contribution < -0.4 is 5.32 Å². The maximum absolute atomic E-state index is 11.4. The van der Waals surface area contributed by atoms with Crippen molar-refractivity contribution in [3.8, 4) is 0 Å². The Morgan fingerprint density at radius 2 is 2.56 bits per heavy atom. The summed E-state index contributed by atoms with van der Waals surface area (Å²) in [5.74, 6) is 0.00324. The van der Waals surface area contributed by atoms with Crippen molar-refractivity contribution in [1.82, 2.24) is 14.7 Å². The Labute approximate surface area is 94.7 Å². The molecule has 0 aliphatic carbocycles. The SMILES string of the molecule is C=CC(=O)N1CCC(n2cc(NC)cn2)C1. The van der Waals surface area contributed by atoms with Crippen LogP contribution in [0.3, 0.4) is 0 Å². The Morgan fingerprint density at radius 1 is 1.75 bits per heavy atom. The van der Waals surface area contributed by atoms with Gasteiger partial charge in [0, 0.05) is 26.3 Å². The maximum atomic E-state index is 11.4. The van der Waals surface area contributed by atoms with Crippen LogP contribution in [0.5, 0.6) is 0 Å². The molecule has 1 amide bonds. The predicted octanol–water partition coefficient (Wildman–Crippen LogP) is 0.884. The number of rotatable bonds is 3. The van der Waals surface area contributed by atoms with E-state index in [2.05, 4.69) is 17.0 Å². The maximum Gasteiger partial charge on any atom is 0.246 e. The molecule has 86 valence electrons. The van der Waals surface area contributed by atoms with Crippen LogP contribution >= 0.6 is 0 Å². The Morgan fingerprint density at radius 3 is 3.19 bits per heavy atom. The van der Waals surface area contributed by atoms with Gasteiger partial charge in [-0.15, -0.1) is 0 Å². The van der Waals surface area contributed by atoms with Gasteiger partial charge in [0.2, 0.25) is 5.91 Å². The highest BCUT2D eigenvalue weighted by Gasteiger charge is 2.26. The second kappa shape index (κ2) is 4.38. The van der Waals surface area contributed by atoms with Crippen molar-refractivity contribution in [3.05, 3.63) is 25.0 Å². The molecule has 5 nitrogen and oxygen atoms in total. The molecule has 1 aromatic heterocycles. The van der Waals surface area contributed by atoms with E-state index in [0.29, 0.717) is 0 Å². The van der Waals surface area contributed by atoms with Crippen LogP contribution in [0.1, 0.15) is 12.5 Å². The third kappa shape index (κ3) is 1.93. The Bertz CT molecular complexity index is 398. The first-order valence-corrected chi connectivity index (χ1v) is 5.38. The van der Waals surface area contributed by atoms with Gasteiger partial charge >= 0.3 is 0 Å². The Hall–Kier alpha value is -1.78. The fourth-order valence-electron chi connectivity index (χ4n) is 1.95. The van der Waals surface area contributed by atoms with Gasteiger partial charge < -0.3 is 10.2 Å². The molecule has 1 N–H and O–H groups in total. The molecular weight excluding hydrogens is 204 g/mol. The van der Waals surface area contributed by atoms with E-state index in [4.69, 9.17) is 0 Å². The topological polar surface area (TPSA) is 50.2 Å². The molecule has 5 heteroatoms. The smallest absolute Gasteiger partial charge is 0.246 e. The summed E-state index contributed by atoms with van der Waals surface area (Å²) in [6.07, 6.45) is 6.07. The lowest BCUT2D eigenvalue weighted by molar-refractivity contribution is -0.125. The van der Waals surface area contributed by atoms with Crippen molar-refractivity contribution in [2.75, 3.05) is 25.5 Å². The molecule has 1 aromatic rings. The van der Waals surface area contributed by atoms with E-state index in [9.17, 15) is 4.79 Å². The van der Waals surface area contributed by atoms with E-state index < -0.39 is 0 Å². The number of nitrogens with one attached hydrogen (secondary N) is 1. The van der Waals surface area contributed by atoms with Crippen LogP contribution in [-0.4, -0.2) is 40.7 Å². The van der Waals surface area contributed by atoms with Crippen LogP contribution in [0.15, 0.2) is 25.0 Å². The highest BCUT2D eigenvalue weighted by molar-refractivity contribution is 5.87. The summed E-state index contributed by atoms with van der Waals surface area (Å²) in [4.78, 5) is 13.2. The first-order chi connectivity index (χ1) is 7.74. The highest BCUT2D eigenvalue weighted by atomic mass is 16.2. The third-order valence-corrected chi connectivity index (χ3v) is 2.91. The summed E-state index contributed by atoms with van der Waals surface area (Å²) in [5.41, 5.74) is 0.994. The number of carbonyl (C=O) groups is 1.